The number of aromatic nitrogens is 2. The van der Waals surface area contributed by atoms with Crippen LogP contribution in [-0.2, 0) is 35.3 Å². The average molecular weight is 562 g/mol. The summed E-state index contributed by atoms with van der Waals surface area (Å²) in [4.78, 5) is 60.9. The number of ether oxygens (including phenoxy) is 1. The summed E-state index contributed by atoms with van der Waals surface area (Å²) < 4.78 is 6.50. The second-order valence-corrected chi connectivity index (χ2v) is 10.8. The van der Waals surface area contributed by atoms with E-state index in [0.29, 0.717) is 17.9 Å². The van der Waals surface area contributed by atoms with Gasteiger partial charge in [0.2, 0.25) is 5.60 Å². The smallest absolute Gasteiger partial charge is 0.352 e. The Morgan fingerprint density at radius 3 is 2.63 bits per heavy atom. The Balaban J connectivity index is 1.55. The maximum atomic E-state index is 13.2. The molecule has 0 aromatic carbocycles. The van der Waals surface area contributed by atoms with Crippen LogP contribution in [-0.4, -0.2) is 74.3 Å². The fourth-order valence-corrected chi connectivity index (χ4v) is 5.70. The van der Waals surface area contributed by atoms with Crippen LogP contribution in [0.2, 0.25) is 0 Å². The third kappa shape index (κ3) is 5.33. The summed E-state index contributed by atoms with van der Waals surface area (Å²) in [6, 6.07) is 4.48. The van der Waals surface area contributed by atoms with Crippen molar-refractivity contribution in [3.63, 3.8) is 0 Å². The molecular formula is C23H25N6O7S2+. The van der Waals surface area contributed by atoms with Gasteiger partial charge in [-0.25, -0.2) is 19.1 Å². The lowest BCUT2D eigenvalue weighted by Gasteiger charge is -2.49. The molecule has 2 unspecified atom stereocenters. The van der Waals surface area contributed by atoms with Gasteiger partial charge in [0, 0.05) is 28.8 Å². The maximum Gasteiger partial charge on any atom is 0.352 e. The maximum absolute atomic E-state index is 13.2. The summed E-state index contributed by atoms with van der Waals surface area (Å²) >= 11 is 2.40. The first-order chi connectivity index (χ1) is 18.0. The molecule has 2 amide bonds. The van der Waals surface area contributed by atoms with Crippen LogP contribution < -0.4 is 15.6 Å². The molecule has 200 valence electrons. The molecule has 0 spiro atoms. The summed E-state index contributed by atoms with van der Waals surface area (Å²) in [5.41, 5.74) is 4.45. The number of hydrogen-bond donors (Lipinski definition) is 3. The number of amides is 2. The number of β-lactam (4-membered cyclic amide) rings is 1. The first-order valence-corrected chi connectivity index (χ1v) is 13.2. The van der Waals surface area contributed by atoms with E-state index in [2.05, 4.69) is 20.2 Å². The number of hydrogen-bond acceptors (Lipinski definition) is 11. The van der Waals surface area contributed by atoms with Gasteiger partial charge >= 0.3 is 11.9 Å². The second kappa shape index (κ2) is 10.8. The number of pyridine rings is 1. The van der Waals surface area contributed by atoms with Crippen molar-refractivity contribution >= 4 is 57.7 Å². The number of methoxy groups -OCH3 is 1. The number of nitrogens with one attached hydrogen (secondary N) is 1. The highest BCUT2D eigenvalue weighted by Gasteiger charge is 2.55. The van der Waals surface area contributed by atoms with Crippen molar-refractivity contribution in [2.45, 2.75) is 37.4 Å². The molecule has 1 fully saturated rings. The van der Waals surface area contributed by atoms with Gasteiger partial charge in [0.25, 0.3) is 11.8 Å². The normalized spacial score (nSPS) is 19.4. The minimum Gasteiger partial charge on any atom is -0.477 e. The van der Waals surface area contributed by atoms with Gasteiger partial charge < -0.3 is 25.7 Å². The number of fused-ring (bicyclic) bond motifs is 1. The quantitative estimate of drug-likeness (QED) is 0.125. The zero-order valence-corrected chi connectivity index (χ0v) is 22.2. The number of esters is 1. The largest absolute Gasteiger partial charge is 0.477 e. The van der Waals surface area contributed by atoms with Gasteiger partial charge in [-0.1, -0.05) is 11.2 Å². The number of nitrogen functional groups attached to an aromatic ring is 1. The molecule has 2 aliphatic rings. The van der Waals surface area contributed by atoms with E-state index in [0.717, 1.165) is 11.3 Å². The summed E-state index contributed by atoms with van der Waals surface area (Å²) in [7, 11) is 1.19. The number of anilines is 1. The second-order valence-electron chi connectivity index (χ2n) is 8.77. The highest BCUT2D eigenvalue weighted by atomic mass is 32.2. The molecule has 2 aromatic heterocycles. The summed E-state index contributed by atoms with van der Waals surface area (Å²) in [5, 5.41) is 17.4. The Hall–Kier alpha value is -3.98. The van der Waals surface area contributed by atoms with Crippen LogP contribution >= 0.6 is 23.1 Å². The van der Waals surface area contributed by atoms with Gasteiger partial charge in [-0.3, -0.25) is 14.5 Å². The van der Waals surface area contributed by atoms with Crippen LogP contribution in [0.25, 0.3) is 0 Å². The number of carbonyl (C=O) groups is 4. The number of thioether (sulfide) groups is 1. The Bertz CT molecular complexity index is 1340. The fraction of sp³-hybridized carbons (Fsp3) is 0.348. The van der Waals surface area contributed by atoms with Crippen molar-refractivity contribution in [2.24, 2.45) is 5.16 Å². The summed E-state index contributed by atoms with van der Waals surface area (Å²) in [6.07, 6.45) is 3.61. The molecule has 2 aromatic rings. The zero-order valence-electron chi connectivity index (χ0n) is 20.6. The standard InChI is InChI=1S/C23H24N6O7S2/c1-23(2,21(34)35-3)36-27-14(13-11-38-22(24)25-13)17(30)26-15-18(31)29-16(20(32)33)12(10-37-19(15)29)9-28-7-5-4-6-8-28/h4-8,11,15,19H,9-10H2,1-3H3,(H3-,24,25,26,30,32,33)/p+1/b27-14+. The van der Waals surface area contributed by atoms with Crippen LogP contribution in [0.4, 0.5) is 5.13 Å². The lowest BCUT2D eigenvalue weighted by atomic mass is 10.0. The Morgan fingerprint density at radius 2 is 2.03 bits per heavy atom. The molecule has 0 saturated carbocycles. The number of carbonyl (C=O) groups excluding carboxylic acids is 3. The monoisotopic (exact) mass is 561 g/mol. The first-order valence-electron chi connectivity index (χ1n) is 11.2. The number of aliphatic carboxylic acids is 1. The number of thiazole rings is 1. The van der Waals surface area contributed by atoms with Gasteiger partial charge in [-0.05, 0) is 13.8 Å². The number of nitrogens with zero attached hydrogens (tertiary/aromatic N) is 4. The highest BCUT2D eigenvalue weighted by Crippen LogP contribution is 2.40. The van der Waals surface area contributed by atoms with E-state index in [-0.39, 0.29) is 22.2 Å². The van der Waals surface area contributed by atoms with Crippen LogP contribution in [0, 0.1) is 0 Å². The van der Waals surface area contributed by atoms with Gasteiger partial charge in [-0.15, -0.1) is 23.1 Å². The first kappa shape index (κ1) is 27.1. The molecule has 2 atom stereocenters. The minimum absolute atomic E-state index is 0.0823. The van der Waals surface area contributed by atoms with Crippen LogP contribution in [0.15, 0.2) is 52.4 Å². The lowest BCUT2D eigenvalue weighted by molar-refractivity contribution is -0.689. The van der Waals surface area contributed by atoms with E-state index in [4.69, 9.17) is 10.6 Å². The molecule has 2 aliphatic heterocycles. The van der Waals surface area contributed by atoms with E-state index >= 15 is 0 Å². The number of carboxylic acid groups (broad SMARTS) is 1. The summed E-state index contributed by atoms with van der Waals surface area (Å²) in [5.74, 6) is -2.97. The molecule has 38 heavy (non-hydrogen) atoms. The van der Waals surface area contributed by atoms with E-state index in [1.165, 1.54) is 43.0 Å². The van der Waals surface area contributed by atoms with E-state index in [9.17, 15) is 24.3 Å². The molecule has 15 heteroatoms. The van der Waals surface area contributed by atoms with Crippen molar-refractivity contribution < 1.29 is 38.4 Å². The zero-order chi connectivity index (χ0) is 27.6. The van der Waals surface area contributed by atoms with Gasteiger partial charge in [0.15, 0.2) is 29.8 Å². The van der Waals surface area contributed by atoms with E-state index in [1.54, 1.807) is 12.4 Å². The van der Waals surface area contributed by atoms with Gasteiger partial charge in [-0.2, -0.15) is 0 Å². The van der Waals surface area contributed by atoms with E-state index in [1.807, 2.05) is 22.8 Å². The number of carboxylic acids is 1. The van der Waals surface area contributed by atoms with Crippen LogP contribution in [0.1, 0.15) is 19.5 Å². The lowest BCUT2D eigenvalue weighted by Crippen LogP contribution is -2.71. The highest BCUT2D eigenvalue weighted by molar-refractivity contribution is 8.00. The van der Waals surface area contributed by atoms with Crippen molar-refractivity contribution in [3.8, 4) is 0 Å². The molecule has 0 bridgehead atoms. The molecule has 1 saturated heterocycles. The van der Waals surface area contributed by atoms with Crippen molar-refractivity contribution in [3.05, 3.63) is 52.9 Å². The van der Waals surface area contributed by atoms with Crippen LogP contribution in [0.3, 0.4) is 0 Å². The van der Waals surface area contributed by atoms with Crippen molar-refractivity contribution in [1.82, 2.24) is 15.2 Å². The van der Waals surface area contributed by atoms with Gasteiger partial charge in [0.05, 0.1) is 7.11 Å². The molecular weight excluding hydrogens is 536 g/mol. The fourth-order valence-electron chi connectivity index (χ4n) is 3.82. The molecule has 0 radical (unpaired) electrons. The van der Waals surface area contributed by atoms with Crippen LogP contribution in [0.5, 0.6) is 0 Å². The SMILES string of the molecule is COC(=O)C(C)(C)O/N=C(/C(=O)NC1C(=O)N2C(C(=O)O)=C(C[n+]3ccccc3)CSC12)c1csc(N)n1. The number of rotatable bonds is 9. The van der Waals surface area contributed by atoms with Crippen molar-refractivity contribution in [1.29, 1.82) is 0 Å². The molecule has 4 heterocycles. The Kier molecular flexibility index (Phi) is 7.68. The Morgan fingerprint density at radius 1 is 1.32 bits per heavy atom. The predicted octanol–water partition coefficient (Wildman–Crippen LogP) is 0.124. The number of oxime groups is 1. The molecule has 4 N–H and O–H groups in total. The number of nitrogens with two attached hydrogens (primary N) is 1. The molecule has 13 nitrogen and oxygen atoms in total. The summed E-state index contributed by atoms with van der Waals surface area (Å²) in [6.45, 7) is 3.12. The van der Waals surface area contributed by atoms with Crippen molar-refractivity contribution in [2.75, 3.05) is 18.6 Å². The average Bonchev–Trinajstić information content (AvgIpc) is 3.32. The van der Waals surface area contributed by atoms with Gasteiger partial charge in [0.1, 0.15) is 22.8 Å². The molecule has 4 rings (SSSR count). The Labute approximate surface area is 225 Å². The topological polar surface area (TPSA) is 177 Å². The molecule has 0 aliphatic carbocycles. The predicted molar refractivity (Wildman–Crippen MR) is 137 cm³/mol. The van der Waals surface area contributed by atoms with E-state index < -0.39 is 40.8 Å². The minimum atomic E-state index is -1.52. The third-order valence-corrected chi connectivity index (χ3v) is 7.72. The third-order valence-electron chi connectivity index (χ3n) is 5.71.